The van der Waals surface area contributed by atoms with E-state index >= 15 is 0 Å². The highest BCUT2D eigenvalue weighted by Crippen LogP contribution is 2.20. The van der Waals surface area contributed by atoms with Crippen molar-refractivity contribution in [2.75, 3.05) is 35.2 Å². The van der Waals surface area contributed by atoms with Crippen LogP contribution in [0.4, 0.5) is 23.1 Å². The van der Waals surface area contributed by atoms with Crippen molar-refractivity contribution in [1.82, 2.24) is 9.97 Å². The summed E-state index contributed by atoms with van der Waals surface area (Å²) in [7, 11) is 0. The van der Waals surface area contributed by atoms with E-state index < -0.39 is 0 Å². The monoisotopic (exact) mass is 313 g/mol. The smallest absolute Gasteiger partial charge is 0.229 e. The van der Waals surface area contributed by atoms with Crippen LogP contribution in [0, 0.1) is 5.92 Å². The van der Waals surface area contributed by atoms with Crippen LogP contribution in [-0.4, -0.2) is 29.6 Å². The molecule has 0 radical (unpaired) electrons. The molecule has 0 saturated heterocycles. The first kappa shape index (κ1) is 17.1. The third-order valence-electron chi connectivity index (χ3n) is 3.60. The third-order valence-corrected chi connectivity index (χ3v) is 3.60. The predicted molar refractivity (Wildman–Crippen MR) is 98.6 cm³/mol. The predicted octanol–water partition coefficient (Wildman–Crippen LogP) is 4.13. The molecule has 0 amide bonds. The molecule has 2 N–H and O–H groups in total. The van der Waals surface area contributed by atoms with Gasteiger partial charge in [0, 0.05) is 37.2 Å². The van der Waals surface area contributed by atoms with Crippen LogP contribution in [0.25, 0.3) is 0 Å². The zero-order chi connectivity index (χ0) is 16.7. The lowest BCUT2D eigenvalue weighted by molar-refractivity contribution is 0.687. The van der Waals surface area contributed by atoms with E-state index in [0.717, 1.165) is 31.1 Å². The Hall–Kier alpha value is -2.30. The fourth-order valence-corrected chi connectivity index (χ4v) is 2.30. The number of nitrogens with zero attached hydrogens (tertiary/aromatic N) is 3. The molecule has 0 spiro atoms. The van der Waals surface area contributed by atoms with Gasteiger partial charge in [-0.2, -0.15) is 4.98 Å². The molecular weight excluding hydrogens is 286 g/mol. The van der Waals surface area contributed by atoms with Gasteiger partial charge < -0.3 is 15.5 Å². The molecule has 0 fully saturated rings. The van der Waals surface area contributed by atoms with Crippen LogP contribution in [0.2, 0.25) is 0 Å². The van der Waals surface area contributed by atoms with Gasteiger partial charge in [-0.15, -0.1) is 0 Å². The molecule has 1 aromatic heterocycles. The maximum atomic E-state index is 4.49. The number of hydrogen-bond acceptors (Lipinski definition) is 5. The number of hydrogen-bond donors (Lipinski definition) is 2. The van der Waals surface area contributed by atoms with Crippen molar-refractivity contribution in [2.24, 2.45) is 5.92 Å². The van der Waals surface area contributed by atoms with Crippen molar-refractivity contribution in [3.8, 4) is 0 Å². The summed E-state index contributed by atoms with van der Waals surface area (Å²) in [5.41, 5.74) is 2.22. The van der Waals surface area contributed by atoms with Crippen LogP contribution < -0.4 is 15.5 Å². The Morgan fingerprint density at radius 3 is 2.35 bits per heavy atom. The Kier molecular flexibility index (Phi) is 6.20. The molecule has 1 heterocycles. The lowest BCUT2D eigenvalue weighted by Gasteiger charge is -2.21. The van der Waals surface area contributed by atoms with Gasteiger partial charge in [0.15, 0.2) is 0 Å². The number of nitrogens with one attached hydrogen (secondary N) is 2. The van der Waals surface area contributed by atoms with Gasteiger partial charge in [0.25, 0.3) is 0 Å². The summed E-state index contributed by atoms with van der Waals surface area (Å²) in [6, 6.07) is 10.2. The van der Waals surface area contributed by atoms with Crippen LogP contribution >= 0.6 is 0 Å². The molecule has 1 aromatic carbocycles. The molecule has 0 unspecified atom stereocenters. The Balaban J connectivity index is 2.03. The molecule has 0 bridgehead atoms. The van der Waals surface area contributed by atoms with Gasteiger partial charge in [0.2, 0.25) is 5.95 Å². The average molecular weight is 313 g/mol. The third kappa shape index (κ3) is 5.13. The molecule has 2 aromatic rings. The standard InChI is InChI=1S/C18H27N5/c1-5-23(6-2)16-9-7-15(8-10-16)21-18-19-12-11-17(22-18)20-13-14(3)4/h7-12,14H,5-6,13H2,1-4H3,(H2,19,20,21,22). The van der Waals surface area contributed by atoms with E-state index in [-0.39, 0.29) is 0 Å². The van der Waals surface area contributed by atoms with Crippen molar-refractivity contribution in [2.45, 2.75) is 27.7 Å². The normalized spacial score (nSPS) is 10.7. The van der Waals surface area contributed by atoms with Crippen LogP contribution in [-0.2, 0) is 0 Å². The first-order valence-electron chi connectivity index (χ1n) is 8.31. The maximum absolute atomic E-state index is 4.49. The second-order valence-electron chi connectivity index (χ2n) is 5.88. The fraction of sp³-hybridized carbons (Fsp3) is 0.444. The molecule has 124 valence electrons. The van der Waals surface area contributed by atoms with Gasteiger partial charge in [-0.1, -0.05) is 13.8 Å². The number of rotatable bonds is 8. The van der Waals surface area contributed by atoms with E-state index in [2.05, 4.69) is 77.5 Å². The summed E-state index contributed by atoms with van der Waals surface area (Å²) in [6.07, 6.45) is 1.77. The fourth-order valence-electron chi connectivity index (χ4n) is 2.30. The van der Waals surface area contributed by atoms with Gasteiger partial charge in [-0.25, -0.2) is 4.98 Å². The molecule has 23 heavy (non-hydrogen) atoms. The number of aromatic nitrogens is 2. The van der Waals surface area contributed by atoms with Crippen molar-refractivity contribution in [3.05, 3.63) is 36.5 Å². The Bertz CT molecular complexity index is 591. The maximum Gasteiger partial charge on any atom is 0.229 e. The molecule has 0 aliphatic rings. The molecular formula is C18H27N5. The highest BCUT2D eigenvalue weighted by molar-refractivity contribution is 5.59. The van der Waals surface area contributed by atoms with Crippen LogP contribution in [0.1, 0.15) is 27.7 Å². The van der Waals surface area contributed by atoms with Crippen molar-refractivity contribution < 1.29 is 0 Å². The Morgan fingerprint density at radius 1 is 1.04 bits per heavy atom. The summed E-state index contributed by atoms with van der Waals surface area (Å²) in [5.74, 6) is 2.03. The zero-order valence-corrected chi connectivity index (χ0v) is 14.5. The van der Waals surface area contributed by atoms with E-state index in [1.165, 1.54) is 5.69 Å². The Labute approximate surface area is 139 Å². The SMILES string of the molecule is CCN(CC)c1ccc(Nc2nccc(NCC(C)C)n2)cc1. The molecule has 0 aliphatic carbocycles. The highest BCUT2D eigenvalue weighted by Gasteiger charge is 2.03. The van der Waals surface area contributed by atoms with Crippen molar-refractivity contribution in [3.63, 3.8) is 0 Å². The lowest BCUT2D eigenvalue weighted by atomic mass is 10.2. The minimum atomic E-state index is 0.578. The van der Waals surface area contributed by atoms with Crippen LogP contribution in [0.15, 0.2) is 36.5 Å². The van der Waals surface area contributed by atoms with Gasteiger partial charge in [0.1, 0.15) is 5.82 Å². The molecule has 0 saturated carbocycles. The molecule has 0 atom stereocenters. The molecule has 5 heteroatoms. The van der Waals surface area contributed by atoms with Gasteiger partial charge in [0.05, 0.1) is 0 Å². The summed E-state index contributed by atoms with van der Waals surface area (Å²) >= 11 is 0. The summed E-state index contributed by atoms with van der Waals surface area (Å²) in [4.78, 5) is 11.1. The second kappa shape index (κ2) is 8.36. The Morgan fingerprint density at radius 2 is 1.74 bits per heavy atom. The lowest BCUT2D eigenvalue weighted by Crippen LogP contribution is -2.21. The first-order valence-corrected chi connectivity index (χ1v) is 8.31. The number of anilines is 4. The van der Waals surface area contributed by atoms with E-state index in [0.29, 0.717) is 11.9 Å². The van der Waals surface area contributed by atoms with Gasteiger partial charge in [-0.3, -0.25) is 0 Å². The highest BCUT2D eigenvalue weighted by atomic mass is 15.1. The van der Waals surface area contributed by atoms with E-state index in [4.69, 9.17) is 0 Å². The largest absolute Gasteiger partial charge is 0.372 e. The molecule has 2 rings (SSSR count). The quantitative estimate of drug-likeness (QED) is 0.767. The molecule has 0 aliphatic heterocycles. The minimum absolute atomic E-state index is 0.578. The van der Waals surface area contributed by atoms with Crippen molar-refractivity contribution >= 4 is 23.1 Å². The number of benzene rings is 1. The topological polar surface area (TPSA) is 53.1 Å². The average Bonchev–Trinajstić information content (AvgIpc) is 2.56. The van der Waals surface area contributed by atoms with E-state index in [1.54, 1.807) is 6.20 Å². The summed E-state index contributed by atoms with van der Waals surface area (Å²) in [5, 5.41) is 6.57. The summed E-state index contributed by atoms with van der Waals surface area (Å²) in [6.45, 7) is 11.6. The van der Waals surface area contributed by atoms with Crippen molar-refractivity contribution in [1.29, 1.82) is 0 Å². The molecule has 5 nitrogen and oxygen atoms in total. The van der Waals surface area contributed by atoms with E-state index in [9.17, 15) is 0 Å². The second-order valence-corrected chi connectivity index (χ2v) is 5.88. The van der Waals surface area contributed by atoms with Crippen LogP contribution in [0.5, 0.6) is 0 Å². The van der Waals surface area contributed by atoms with Gasteiger partial charge >= 0.3 is 0 Å². The minimum Gasteiger partial charge on any atom is -0.372 e. The van der Waals surface area contributed by atoms with Crippen LogP contribution in [0.3, 0.4) is 0 Å². The van der Waals surface area contributed by atoms with Gasteiger partial charge in [-0.05, 0) is 50.1 Å². The summed E-state index contributed by atoms with van der Waals surface area (Å²) < 4.78 is 0. The zero-order valence-electron chi connectivity index (χ0n) is 14.5. The first-order chi connectivity index (χ1) is 11.1. The van der Waals surface area contributed by atoms with E-state index in [1.807, 2.05) is 6.07 Å².